The molecule has 1 aromatic carbocycles. The number of alkyl halides is 3. The number of rotatable bonds is 2. The third-order valence-electron chi connectivity index (χ3n) is 2.89. The third-order valence-corrected chi connectivity index (χ3v) is 5.17. The zero-order chi connectivity index (χ0) is 18.4. The lowest BCUT2D eigenvalue weighted by Gasteiger charge is -2.15. The van der Waals surface area contributed by atoms with Crippen LogP contribution in [-0.2, 0) is 6.18 Å². The molecule has 0 amide bonds. The molecule has 0 saturated carbocycles. The molecule has 0 fully saturated rings. The molecule has 1 aromatic heterocycles. The number of carboxylic acids is 1. The fraction of sp³-hybridized carbons (Fsp3) is 0.0769. The summed E-state index contributed by atoms with van der Waals surface area (Å²) in [5, 5.41) is 7.78. The molecule has 0 saturated heterocycles. The first kappa shape index (κ1) is 19.4. The maximum absolute atomic E-state index is 13.1. The number of aromatic nitrogens is 1. The maximum Gasteiger partial charge on any atom is 0.418 e. The van der Waals surface area contributed by atoms with E-state index in [0.29, 0.717) is 6.07 Å². The summed E-state index contributed by atoms with van der Waals surface area (Å²) in [5.74, 6) is -1.83. The quantitative estimate of drug-likeness (QED) is 0.417. The van der Waals surface area contributed by atoms with Crippen molar-refractivity contribution in [3.05, 3.63) is 48.6 Å². The van der Waals surface area contributed by atoms with Gasteiger partial charge in [-0.3, -0.25) is 0 Å². The second kappa shape index (κ2) is 6.77. The van der Waals surface area contributed by atoms with E-state index < -0.39 is 23.4 Å². The van der Waals surface area contributed by atoms with Crippen molar-refractivity contribution in [3.8, 4) is 11.1 Å². The van der Waals surface area contributed by atoms with Crippen molar-refractivity contribution >= 4 is 64.0 Å². The predicted molar refractivity (Wildman–Crippen MR) is 86.7 cm³/mol. The van der Waals surface area contributed by atoms with E-state index in [1.54, 1.807) is 0 Å². The first-order valence-electron chi connectivity index (χ1n) is 5.79. The van der Waals surface area contributed by atoms with Gasteiger partial charge in [0.25, 0.3) is 0 Å². The van der Waals surface area contributed by atoms with Gasteiger partial charge in [-0.2, -0.15) is 13.2 Å². The Kier molecular flexibility index (Phi) is 5.47. The first-order chi connectivity index (χ1) is 11.0. The van der Waals surface area contributed by atoms with Crippen molar-refractivity contribution in [1.82, 2.24) is 4.98 Å². The minimum absolute atomic E-state index is 0.146. The van der Waals surface area contributed by atoms with Crippen molar-refractivity contribution in [2.45, 2.75) is 6.18 Å². The normalized spacial score (nSPS) is 11.7. The molecule has 0 atom stereocenters. The number of hydrogen-bond donors (Lipinski definition) is 1. The molecule has 0 spiro atoms. The molecule has 0 bridgehead atoms. The number of benzene rings is 1. The van der Waals surface area contributed by atoms with E-state index in [1.807, 2.05) is 0 Å². The highest BCUT2D eigenvalue weighted by Gasteiger charge is 2.37. The summed E-state index contributed by atoms with van der Waals surface area (Å²) < 4.78 is 39.3. The molecule has 1 heterocycles. The molecular formula is C13H3Cl5F3NO2. The van der Waals surface area contributed by atoms with E-state index in [9.17, 15) is 18.0 Å². The van der Waals surface area contributed by atoms with Crippen LogP contribution in [0.15, 0.2) is 12.3 Å². The lowest BCUT2D eigenvalue weighted by Crippen LogP contribution is -2.15. The Morgan fingerprint density at radius 2 is 1.42 bits per heavy atom. The van der Waals surface area contributed by atoms with Crippen LogP contribution in [0.1, 0.15) is 16.1 Å². The average molecular weight is 439 g/mol. The summed E-state index contributed by atoms with van der Waals surface area (Å²) in [5.41, 5.74) is -3.00. The van der Waals surface area contributed by atoms with Gasteiger partial charge in [-0.05, 0) is 6.07 Å². The second-order valence-corrected chi connectivity index (χ2v) is 6.26. The van der Waals surface area contributed by atoms with E-state index in [2.05, 4.69) is 4.98 Å². The summed E-state index contributed by atoms with van der Waals surface area (Å²) >= 11 is 29.6. The van der Waals surface area contributed by atoms with E-state index in [-0.39, 0.29) is 36.2 Å². The van der Waals surface area contributed by atoms with Crippen LogP contribution in [0.5, 0.6) is 0 Å². The van der Waals surface area contributed by atoms with Gasteiger partial charge < -0.3 is 5.11 Å². The average Bonchev–Trinajstić information content (AvgIpc) is 2.50. The third kappa shape index (κ3) is 3.39. The molecular weight excluding hydrogens is 436 g/mol. The van der Waals surface area contributed by atoms with Gasteiger partial charge >= 0.3 is 12.1 Å². The zero-order valence-electron chi connectivity index (χ0n) is 11.0. The number of pyridine rings is 1. The number of nitrogens with zero attached hydrogens (tertiary/aromatic N) is 1. The fourth-order valence-corrected chi connectivity index (χ4v) is 3.20. The molecule has 0 aliphatic carbocycles. The van der Waals surface area contributed by atoms with Crippen LogP contribution in [0.2, 0.25) is 25.1 Å². The van der Waals surface area contributed by atoms with E-state index >= 15 is 0 Å². The SMILES string of the molecule is O=C(O)c1ncc(-c2c(Cl)c(Cl)c(Cl)c(Cl)c2Cl)cc1C(F)(F)F. The van der Waals surface area contributed by atoms with E-state index in [4.69, 9.17) is 63.1 Å². The highest BCUT2D eigenvalue weighted by atomic mass is 35.5. The Morgan fingerprint density at radius 1 is 0.958 bits per heavy atom. The minimum atomic E-state index is -4.96. The van der Waals surface area contributed by atoms with Crippen LogP contribution in [0, 0.1) is 0 Å². The van der Waals surface area contributed by atoms with Crippen LogP contribution in [0.25, 0.3) is 11.1 Å². The van der Waals surface area contributed by atoms with Crippen LogP contribution < -0.4 is 0 Å². The molecule has 11 heteroatoms. The monoisotopic (exact) mass is 437 g/mol. The van der Waals surface area contributed by atoms with Crippen molar-refractivity contribution in [3.63, 3.8) is 0 Å². The Morgan fingerprint density at radius 3 is 1.83 bits per heavy atom. The number of carbonyl (C=O) groups is 1. The summed E-state index contributed by atoms with van der Waals surface area (Å²) in [6, 6.07) is 0.546. The number of hydrogen-bond acceptors (Lipinski definition) is 2. The Labute approximate surface area is 157 Å². The van der Waals surface area contributed by atoms with Crippen LogP contribution in [-0.4, -0.2) is 16.1 Å². The fourth-order valence-electron chi connectivity index (χ4n) is 1.85. The van der Waals surface area contributed by atoms with Gasteiger partial charge in [-0.1, -0.05) is 58.0 Å². The van der Waals surface area contributed by atoms with Gasteiger partial charge in [-0.25, -0.2) is 9.78 Å². The summed E-state index contributed by atoms with van der Waals surface area (Å²) in [7, 11) is 0. The first-order valence-corrected chi connectivity index (χ1v) is 7.68. The predicted octanol–water partition coefficient (Wildman–Crippen LogP) is 6.73. The Bertz CT molecular complexity index is 825. The maximum atomic E-state index is 13.1. The van der Waals surface area contributed by atoms with E-state index in [1.165, 1.54) is 0 Å². The molecule has 0 radical (unpaired) electrons. The van der Waals surface area contributed by atoms with Gasteiger partial charge in [0.2, 0.25) is 0 Å². The van der Waals surface area contributed by atoms with Crippen LogP contribution in [0.3, 0.4) is 0 Å². The highest BCUT2D eigenvalue weighted by Crippen LogP contribution is 2.48. The highest BCUT2D eigenvalue weighted by molar-refractivity contribution is 6.56. The molecule has 1 N–H and O–H groups in total. The van der Waals surface area contributed by atoms with Crippen LogP contribution in [0.4, 0.5) is 13.2 Å². The van der Waals surface area contributed by atoms with Crippen molar-refractivity contribution in [2.24, 2.45) is 0 Å². The van der Waals surface area contributed by atoms with Crippen molar-refractivity contribution < 1.29 is 23.1 Å². The van der Waals surface area contributed by atoms with Crippen molar-refractivity contribution in [1.29, 1.82) is 0 Å². The lowest BCUT2D eigenvalue weighted by molar-refractivity contribution is -0.138. The number of aromatic carboxylic acids is 1. The molecule has 128 valence electrons. The van der Waals surface area contributed by atoms with Gasteiger partial charge in [0.1, 0.15) is 0 Å². The van der Waals surface area contributed by atoms with Gasteiger partial charge in [-0.15, -0.1) is 0 Å². The summed E-state index contributed by atoms with van der Waals surface area (Å²) in [4.78, 5) is 14.3. The number of carboxylic acid groups (broad SMARTS) is 1. The molecule has 24 heavy (non-hydrogen) atoms. The van der Waals surface area contributed by atoms with Crippen LogP contribution >= 0.6 is 58.0 Å². The lowest BCUT2D eigenvalue weighted by atomic mass is 10.0. The topological polar surface area (TPSA) is 50.2 Å². The van der Waals surface area contributed by atoms with Gasteiger partial charge in [0, 0.05) is 17.3 Å². The Balaban J connectivity index is 2.83. The molecule has 0 unspecified atom stereocenters. The minimum Gasteiger partial charge on any atom is -0.476 e. The van der Waals surface area contributed by atoms with Crippen molar-refractivity contribution in [2.75, 3.05) is 0 Å². The molecule has 2 aromatic rings. The molecule has 2 rings (SSSR count). The smallest absolute Gasteiger partial charge is 0.418 e. The van der Waals surface area contributed by atoms with Gasteiger partial charge in [0.05, 0.1) is 30.7 Å². The standard InChI is InChI=1S/C13H3Cl5F3NO2/c14-6-5(7(15)9(17)10(18)8(6)16)3-1-4(13(19,20)21)11(12(23)24)22-2-3/h1-2H,(H,23,24). The van der Waals surface area contributed by atoms with Gasteiger partial charge in [0.15, 0.2) is 5.69 Å². The Hall–Kier alpha value is -0.920. The largest absolute Gasteiger partial charge is 0.476 e. The zero-order valence-corrected chi connectivity index (χ0v) is 14.8. The molecule has 3 nitrogen and oxygen atoms in total. The second-order valence-electron chi connectivity index (χ2n) is 4.37. The summed E-state index contributed by atoms with van der Waals surface area (Å²) in [6.07, 6.45) is -4.10. The van der Waals surface area contributed by atoms with E-state index in [0.717, 1.165) is 6.20 Å². The number of halogens is 8. The molecule has 0 aliphatic rings. The summed E-state index contributed by atoms with van der Waals surface area (Å²) in [6.45, 7) is 0. The molecule has 0 aliphatic heterocycles.